The van der Waals surface area contributed by atoms with Gasteiger partial charge < -0.3 is 11.1 Å². The molecule has 7 heteroatoms. The zero-order valence-electron chi connectivity index (χ0n) is 9.21. The van der Waals surface area contributed by atoms with Gasteiger partial charge in [0.25, 0.3) is 5.91 Å². The van der Waals surface area contributed by atoms with E-state index in [9.17, 15) is 4.79 Å². The van der Waals surface area contributed by atoms with E-state index in [1.54, 1.807) is 25.1 Å². The summed E-state index contributed by atoms with van der Waals surface area (Å²) in [7, 11) is 0. The smallest absolute Gasteiger partial charge is 0.270 e. The van der Waals surface area contributed by atoms with Crippen LogP contribution in [-0.2, 0) is 0 Å². The predicted molar refractivity (Wildman–Crippen MR) is 60.9 cm³/mol. The molecule has 1 amide bonds. The maximum absolute atomic E-state index is 11.8. The van der Waals surface area contributed by atoms with E-state index in [1.807, 2.05) is 0 Å². The summed E-state index contributed by atoms with van der Waals surface area (Å²) in [6.45, 7) is 1.80. The average Bonchev–Trinajstić information content (AvgIpc) is 2.82. The molecule has 0 saturated carbocycles. The number of hydrogen-bond donors (Lipinski definition) is 3. The number of anilines is 1. The molecule has 1 atom stereocenters. The molecule has 0 aliphatic heterocycles. The second-order valence-electron chi connectivity index (χ2n) is 3.51. The highest BCUT2D eigenvalue weighted by Crippen LogP contribution is 2.06. The molecule has 2 aromatic heterocycles. The zero-order valence-corrected chi connectivity index (χ0v) is 9.21. The number of pyridine rings is 1. The molecule has 7 nitrogen and oxygen atoms in total. The number of nitrogens with one attached hydrogen (secondary N) is 2. The molecule has 88 valence electrons. The minimum atomic E-state index is -0.304. The largest absolute Gasteiger partial charge is 0.384 e. The predicted octanol–water partition coefficient (Wildman–Crippen LogP) is 0.273. The number of amides is 1. The van der Waals surface area contributed by atoms with Gasteiger partial charge in [-0.3, -0.25) is 9.89 Å². The van der Waals surface area contributed by atoms with Crippen molar-refractivity contribution in [1.29, 1.82) is 0 Å². The lowest BCUT2D eigenvalue weighted by Gasteiger charge is -2.10. The Labute approximate surface area is 97.5 Å². The maximum Gasteiger partial charge on any atom is 0.270 e. The Morgan fingerprint density at radius 3 is 3.00 bits per heavy atom. The molecule has 2 aromatic rings. The first-order chi connectivity index (χ1) is 8.16. The van der Waals surface area contributed by atoms with Crippen LogP contribution in [0.15, 0.2) is 24.5 Å². The number of hydrogen-bond acceptors (Lipinski definition) is 5. The first-order valence-corrected chi connectivity index (χ1v) is 5.05. The van der Waals surface area contributed by atoms with Crippen LogP contribution in [0.3, 0.4) is 0 Å². The van der Waals surface area contributed by atoms with Gasteiger partial charge in [0.15, 0.2) is 0 Å². The number of nitrogens with zero attached hydrogens (tertiary/aromatic N) is 3. The topological polar surface area (TPSA) is 110 Å². The third-order valence-corrected chi connectivity index (χ3v) is 2.19. The number of aromatic amines is 1. The van der Waals surface area contributed by atoms with E-state index in [-0.39, 0.29) is 17.6 Å². The lowest BCUT2D eigenvalue weighted by molar-refractivity contribution is 0.0933. The van der Waals surface area contributed by atoms with Gasteiger partial charge in [-0.05, 0) is 19.1 Å². The Balaban J connectivity index is 2.07. The number of H-pyrrole nitrogens is 1. The SMILES string of the molecule is CC(NC(=O)c1cccc(N)n1)c1ncn[nH]1. The fraction of sp³-hybridized carbons (Fsp3) is 0.200. The molecule has 0 spiro atoms. The number of carbonyl (C=O) groups excluding carboxylic acids is 1. The summed E-state index contributed by atoms with van der Waals surface area (Å²) in [6.07, 6.45) is 1.39. The molecule has 0 fully saturated rings. The van der Waals surface area contributed by atoms with E-state index in [1.165, 1.54) is 6.33 Å². The Morgan fingerprint density at radius 1 is 1.53 bits per heavy atom. The minimum Gasteiger partial charge on any atom is -0.384 e. The van der Waals surface area contributed by atoms with Gasteiger partial charge in [0.2, 0.25) is 0 Å². The van der Waals surface area contributed by atoms with Gasteiger partial charge in [-0.15, -0.1) is 0 Å². The van der Waals surface area contributed by atoms with E-state index < -0.39 is 0 Å². The molecule has 17 heavy (non-hydrogen) atoms. The van der Waals surface area contributed by atoms with Crippen molar-refractivity contribution in [1.82, 2.24) is 25.5 Å². The number of aromatic nitrogens is 4. The molecular weight excluding hydrogens is 220 g/mol. The lowest BCUT2D eigenvalue weighted by Crippen LogP contribution is -2.28. The highest BCUT2D eigenvalue weighted by molar-refractivity contribution is 5.92. The molecule has 4 N–H and O–H groups in total. The number of nitrogens with two attached hydrogens (primary N) is 1. The van der Waals surface area contributed by atoms with Gasteiger partial charge in [0.05, 0.1) is 6.04 Å². The third kappa shape index (κ3) is 2.57. The number of carbonyl (C=O) groups is 1. The standard InChI is InChI=1S/C10H12N6O/c1-6(9-12-5-13-16-9)14-10(17)7-3-2-4-8(11)15-7/h2-6H,1H3,(H2,11,15)(H,14,17)(H,12,13,16). The molecule has 0 radical (unpaired) electrons. The molecule has 0 saturated heterocycles. The van der Waals surface area contributed by atoms with Crippen molar-refractivity contribution in [3.05, 3.63) is 36.0 Å². The zero-order chi connectivity index (χ0) is 12.3. The van der Waals surface area contributed by atoms with Gasteiger partial charge in [-0.1, -0.05) is 6.07 Å². The van der Waals surface area contributed by atoms with Crippen molar-refractivity contribution in [2.45, 2.75) is 13.0 Å². The molecule has 0 aliphatic rings. The van der Waals surface area contributed by atoms with Crippen LogP contribution >= 0.6 is 0 Å². The van der Waals surface area contributed by atoms with Gasteiger partial charge in [0.1, 0.15) is 23.7 Å². The fourth-order valence-electron chi connectivity index (χ4n) is 1.34. The van der Waals surface area contributed by atoms with Gasteiger partial charge in [-0.2, -0.15) is 5.10 Å². The van der Waals surface area contributed by atoms with Crippen LogP contribution in [0.1, 0.15) is 29.3 Å². The van der Waals surface area contributed by atoms with Gasteiger partial charge in [-0.25, -0.2) is 9.97 Å². The summed E-state index contributed by atoms with van der Waals surface area (Å²) in [5, 5.41) is 9.13. The Bertz CT molecular complexity index is 509. The van der Waals surface area contributed by atoms with Crippen molar-refractivity contribution >= 4 is 11.7 Å². The van der Waals surface area contributed by atoms with E-state index in [0.717, 1.165) is 0 Å². The van der Waals surface area contributed by atoms with Crippen molar-refractivity contribution < 1.29 is 4.79 Å². The van der Waals surface area contributed by atoms with Crippen LogP contribution in [0.25, 0.3) is 0 Å². The van der Waals surface area contributed by atoms with Gasteiger partial charge in [0, 0.05) is 0 Å². The van der Waals surface area contributed by atoms with Crippen molar-refractivity contribution in [2.24, 2.45) is 0 Å². The van der Waals surface area contributed by atoms with E-state index in [4.69, 9.17) is 5.73 Å². The summed E-state index contributed by atoms with van der Waals surface area (Å²) >= 11 is 0. The molecular formula is C10H12N6O. The van der Waals surface area contributed by atoms with E-state index in [2.05, 4.69) is 25.5 Å². The molecule has 2 rings (SSSR count). The average molecular weight is 232 g/mol. The monoisotopic (exact) mass is 232 g/mol. The second kappa shape index (κ2) is 4.60. The van der Waals surface area contributed by atoms with Crippen LogP contribution in [0, 0.1) is 0 Å². The Hall–Kier alpha value is -2.44. The number of rotatable bonds is 3. The molecule has 2 heterocycles. The first kappa shape index (κ1) is 11.1. The Kier molecular flexibility index (Phi) is 2.99. The third-order valence-electron chi connectivity index (χ3n) is 2.19. The van der Waals surface area contributed by atoms with Crippen LogP contribution < -0.4 is 11.1 Å². The van der Waals surface area contributed by atoms with Crippen LogP contribution in [-0.4, -0.2) is 26.1 Å². The van der Waals surface area contributed by atoms with Crippen molar-refractivity contribution in [3.8, 4) is 0 Å². The van der Waals surface area contributed by atoms with Crippen LogP contribution in [0.5, 0.6) is 0 Å². The lowest BCUT2D eigenvalue weighted by atomic mass is 10.2. The summed E-state index contributed by atoms with van der Waals surface area (Å²) in [6, 6.07) is 4.62. The molecule has 0 aliphatic carbocycles. The first-order valence-electron chi connectivity index (χ1n) is 5.05. The van der Waals surface area contributed by atoms with Crippen molar-refractivity contribution in [3.63, 3.8) is 0 Å². The van der Waals surface area contributed by atoms with Crippen molar-refractivity contribution in [2.75, 3.05) is 5.73 Å². The summed E-state index contributed by atoms with van der Waals surface area (Å²) < 4.78 is 0. The number of nitrogen functional groups attached to an aromatic ring is 1. The van der Waals surface area contributed by atoms with Gasteiger partial charge >= 0.3 is 0 Å². The molecule has 0 aromatic carbocycles. The highest BCUT2D eigenvalue weighted by atomic mass is 16.1. The molecule has 1 unspecified atom stereocenters. The maximum atomic E-state index is 11.8. The second-order valence-corrected chi connectivity index (χ2v) is 3.51. The van der Waals surface area contributed by atoms with Crippen LogP contribution in [0.2, 0.25) is 0 Å². The Morgan fingerprint density at radius 2 is 2.35 bits per heavy atom. The van der Waals surface area contributed by atoms with E-state index in [0.29, 0.717) is 11.6 Å². The summed E-state index contributed by atoms with van der Waals surface area (Å²) in [4.78, 5) is 19.7. The normalized spacial score (nSPS) is 12.1. The quantitative estimate of drug-likeness (QED) is 0.703. The minimum absolute atomic E-state index is 0.270. The molecule has 0 bridgehead atoms. The van der Waals surface area contributed by atoms with E-state index >= 15 is 0 Å². The summed E-state index contributed by atoms with van der Waals surface area (Å²) in [5.41, 5.74) is 5.78. The highest BCUT2D eigenvalue weighted by Gasteiger charge is 2.14. The van der Waals surface area contributed by atoms with Crippen LogP contribution in [0.4, 0.5) is 5.82 Å². The summed E-state index contributed by atoms with van der Waals surface area (Å²) in [5.74, 6) is 0.591. The fourth-order valence-corrected chi connectivity index (χ4v) is 1.34.